The zero-order chi connectivity index (χ0) is 39.4. The minimum absolute atomic E-state index is 0.127. The summed E-state index contributed by atoms with van der Waals surface area (Å²) < 4.78 is 32.6. The van der Waals surface area contributed by atoms with Gasteiger partial charge in [0.2, 0.25) is 0 Å². The third-order valence-corrected chi connectivity index (χ3v) is 10.4. The van der Waals surface area contributed by atoms with Crippen LogP contribution in [-0.2, 0) is 32.7 Å². The lowest BCUT2D eigenvalue weighted by molar-refractivity contribution is -0.161. The Labute approximate surface area is 321 Å². The maximum absolute atomic E-state index is 12.6. The number of hydrogen-bond acceptors (Lipinski definition) is 11. The quantitative estimate of drug-likeness (QED) is 0.0226. The van der Waals surface area contributed by atoms with Crippen molar-refractivity contribution in [2.24, 2.45) is 0 Å². The van der Waals surface area contributed by atoms with Crippen LogP contribution in [0.2, 0.25) is 0 Å². The van der Waals surface area contributed by atoms with Crippen LogP contribution in [0.25, 0.3) is 0 Å². The molecular weight excluding hydrogens is 703 g/mol. The summed E-state index contributed by atoms with van der Waals surface area (Å²) in [6, 6.07) is 0. The molecule has 0 aromatic heterocycles. The minimum Gasteiger partial charge on any atom is -0.462 e. The average molecular weight is 783 g/mol. The van der Waals surface area contributed by atoms with Crippen molar-refractivity contribution in [3.63, 3.8) is 0 Å². The Bertz CT molecular complexity index is 892. The Balaban J connectivity index is 4.37. The van der Waals surface area contributed by atoms with Crippen LogP contribution >= 0.6 is 7.82 Å². The number of aliphatic hydroxyl groups is 4. The molecule has 5 N–H and O–H groups in total. The van der Waals surface area contributed by atoms with Gasteiger partial charge in [0.25, 0.3) is 0 Å². The first kappa shape index (κ1) is 51.9. The van der Waals surface area contributed by atoms with E-state index in [9.17, 15) is 34.4 Å². The summed E-state index contributed by atoms with van der Waals surface area (Å²) in [5.74, 6) is -0.991. The summed E-state index contributed by atoms with van der Waals surface area (Å²) in [6.07, 6.45) is 23.8. The molecule has 0 aliphatic rings. The predicted molar refractivity (Wildman–Crippen MR) is 208 cm³/mol. The fourth-order valence-corrected chi connectivity index (χ4v) is 6.82. The fourth-order valence-electron chi connectivity index (χ4n) is 6.03. The molecule has 0 aromatic rings. The molecule has 316 valence electrons. The van der Waals surface area contributed by atoms with Gasteiger partial charge in [-0.2, -0.15) is 0 Å². The van der Waals surface area contributed by atoms with Crippen LogP contribution < -0.4 is 0 Å². The Morgan fingerprint density at radius 2 is 0.906 bits per heavy atom. The molecule has 0 fully saturated rings. The molecule has 5 atom stereocenters. The van der Waals surface area contributed by atoms with E-state index in [0.29, 0.717) is 25.7 Å². The first-order chi connectivity index (χ1) is 25.5. The van der Waals surface area contributed by atoms with E-state index in [-0.39, 0.29) is 19.4 Å². The highest BCUT2D eigenvalue weighted by atomic mass is 31.2. The van der Waals surface area contributed by atoms with E-state index >= 15 is 0 Å². The largest absolute Gasteiger partial charge is 0.472 e. The van der Waals surface area contributed by atoms with Crippen molar-refractivity contribution < 1.29 is 58.0 Å². The summed E-state index contributed by atoms with van der Waals surface area (Å²) in [6.45, 7) is 2.18. The smallest absolute Gasteiger partial charge is 0.462 e. The van der Waals surface area contributed by atoms with Gasteiger partial charge in [-0.25, -0.2) is 4.57 Å². The van der Waals surface area contributed by atoms with Gasteiger partial charge < -0.3 is 34.8 Å². The number of hydrogen-bond donors (Lipinski definition) is 5. The Kier molecular flexibility index (Phi) is 35.8. The second kappa shape index (κ2) is 36.5. The van der Waals surface area contributed by atoms with Gasteiger partial charge in [0.05, 0.1) is 32.0 Å². The highest BCUT2D eigenvalue weighted by Crippen LogP contribution is 2.43. The molecule has 0 aromatic carbocycles. The monoisotopic (exact) mass is 783 g/mol. The third-order valence-electron chi connectivity index (χ3n) is 9.46. The molecule has 5 unspecified atom stereocenters. The van der Waals surface area contributed by atoms with Gasteiger partial charge in [-0.3, -0.25) is 18.6 Å². The Hall–Kier alpha value is -1.11. The minimum atomic E-state index is -4.64. The number of phosphoric ester groups is 1. The summed E-state index contributed by atoms with van der Waals surface area (Å²) in [7, 11) is -4.64. The van der Waals surface area contributed by atoms with Crippen molar-refractivity contribution in [2.75, 3.05) is 26.4 Å². The number of aliphatic hydroxyl groups excluding tert-OH is 4. The summed E-state index contributed by atoms with van der Waals surface area (Å²) in [5.41, 5.74) is 0. The van der Waals surface area contributed by atoms with E-state index < -0.39 is 64.0 Å². The zero-order valence-corrected chi connectivity index (χ0v) is 34.4. The number of carbonyl (C=O) groups is 2. The first-order valence-corrected chi connectivity index (χ1v) is 22.7. The normalized spacial score (nSPS) is 15.1. The number of unbranched alkanes of at least 4 members (excludes halogenated alkanes) is 21. The van der Waals surface area contributed by atoms with E-state index in [2.05, 4.69) is 18.4 Å². The number of esters is 2. The maximum atomic E-state index is 12.6. The predicted octanol–water partition coefficient (Wildman–Crippen LogP) is 8.61. The Morgan fingerprint density at radius 3 is 1.36 bits per heavy atom. The Morgan fingerprint density at radius 1 is 0.528 bits per heavy atom. The highest BCUT2D eigenvalue weighted by molar-refractivity contribution is 7.47. The van der Waals surface area contributed by atoms with Crippen LogP contribution in [0, 0.1) is 0 Å². The van der Waals surface area contributed by atoms with Crippen LogP contribution in [0.3, 0.4) is 0 Å². The number of carbonyl (C=O) groups excluding carboxylic acids is 2. The lowest BCUT2D eigenvalue weighted by Crippen LogP contribution is -2.29. The molecule has 0 aliphatic carbocycles. The molecule has 0 saturated carbocycles. The average Bonchev–Trinajstić information content (AvgIpc) is 3.14. The number of phosphoric acid groups is 1. The molecule has 0 rings (SSSR count). The van der Waals surface area contributed by atoms with Crippen molar-refractivity contribution in [1.29, 1.82) is 0 Å². The molecule has 0 heterocycles. The molecule has 12 nitrogen and oxygen atoms in total. The van der Waals surface area contributed by atoms with Gasteiger partial charge >= 0.3 is 19.8 Å². The standard InChI is InChI=1S/C40H79O12P/c1-3-5-7-9-10-11-12-13-14-15-18-21-25-29-39(45)49-33-36(34-51-53(47,48)50-32-35(42)31-41)52-40(46)30-26-22-19-16-17-20-24-28-38(44)37(43)27-23-8-6-4-2/h35-38,41-44H,3-34H2,1-2H3,(H,47,48). The first-order valence-electron chi connectivity index (χ1n) is 21.2. The van der Waals surface area contributed by atoms with Crippen LogP contribution in [0.4, 0.5) is 0 Å². The number of rotatable bonds is 40. The lowest BCUT2D eigenvalue weighted by Gasteiger charge is -2.20. The maximum Gasteiger partial charge on any atom is 0.472 e. The van der Waals surface area contributed by atoms with E-state index in [1.165, 1.54) is 57.8 Å². The number of ether oxygens (including phenoxy) is 2. The molecule has 53 heavy (non-hydrogen) atoms. The van der Waals surface area contributed by atoms with E-state index in [1.807, 2.05) is 0 Å². The van der Waals surface area contributed by atoms with Crippen molar-refractivity contribution in [3.05, 3.63) is 0 Å². The fraction of sp³-hybridized carbons (Fsp3) is 0.950. The van der Waals surface area contributed by atoms with E-state index in [4.69, 9.17) is 19.1 Å². The van der Waals surface area contributed by atoms with Gasteiger partial charge in [0.1, 0.15) is 12.7 Å². The van der Waals surface area contributed by atoms with Crippen LogP contribution in [0.1, 0.15) is 194 Å². The topological polar surface area (TPSA) is 189 Å². The molecular formula is C40H79O12P. The second-order valence-electron chi connectivity index (χ2n) is 14.7. The van der Waals surface area contributed by atoms with Gasteiger partial charge in [-0.1, -0.05) is 155 Å². The molecule has 0 bridgehead atoms. The van der Waals surface area contributed by atoms with Crippen molar-refractivity contribution >= 4 is 19.8 Å². The second-order valence-corrected chi connectivity index (χ2v) is 16.1. The van der Waals surface area contributed by atoms with Crippen molar-refractivity contribution in [2.45, 2.75) is 218 Å². The van der Waals surface area contributed by atoms with Crippen LogP contribution in [0.5, 0.6) is 0 Å². The molecule has 0 spiro atoms. The molecule has 0 radical (unpaired) electrons. The summed E-state index contributed by atoms with van der Waals surface area (Å²) in [4.78, 5) is 34.9. The van der Waals surface area contributed by atoms with Crippen molar-refractivity contribution in [1.82, 2.24) is 0 Å². The molecule has 13 heteroatoms. The lowest BCUT2D eigenvalue weighted by atomic mass is 10.00. The molecule has 0 aliphatic heterocycles. The van der Waals surface area contributed by atoms with E-state index in [1.54, 1.807) is 0 Å². The third kappa shape index (κ3) is 35.1. The SMILES string of the molecule is CCCCCCCCCCCCCCCC(=O)OCC(COP(=O)(O)OCC(O)CO)OC(=O)CCCCCCCCCC(O)C(O)CCCCCC. The van der Waals surface area contributed by atoms with Crippen molar-refractivity contribution in [3.8, 4) is 0 Å². The van der Waals surface area contributed by atoms with E-state index in [0.717, 1.165) is 83.5 Å². The van der Waals surface area contributed by atoms with Gasteiger partial charge in [0.15, 0.2) is 6.10 Å². The van der Waals surface area contributed by atoms with Gasteiger partial charge in [-0.05, 0) is 25.7 Å². The summed E-state index contributed by atoms with van der Waals surface area (Å²) in [5, 5.41) is 38.6. The van der Waals surface area contributed by atoms with Gasteiger partial charge in [0, 0.05) is 12.8 Å². The zero-order valence-electron chi connectivity index (χ0n) is 33.5. The van der Waals surface area contributed by atoms with Crippen LogP contribution in [0.15, 0.2) is 0 Å². The molecule has 0 saturated heterocycles. The summed E-state index contributed by atoms with van der Waals surface area (Å²) >= 11 is 0. The van der Waals surface area contributed by atoms with Crippen LogP contribution in [-0.4, -0.2) is 88.1 Å². The van der Waals surface area contributed by atoms with Gasteiger partial charge in [-0.15, -0.1) is 0 Å². The molecule has 0 amide bonds. The highest BCUT2D eigenvalue weighted by Gasteiger charge is 2.27.